The van der Waals surface area contributed by atoms with Crippen molar-refractivity contribution < 1.29 is 4.79 Å². The molecular weight excluding hydrogens is 375 g/mol. The Morgan fingerprint density at radius 1 is 1.32 bits per heavy atom. The van der Waals surface area contributed by atoms with Crippen LogP contribution in [0.3, 0.4) is 0 Å². The maximum atomic E-state index is 12.9. The highest BCUT2D eigenvalue weighted by Gasteiger charge is 2.33. The third kappa shape index (κ3) is 4.20. The van der Waals surface area contributed by atoms with Crippen LogP contribution in [0.4, 0.5) is 0 Å². The number of nitrogens with one attached hydrogen (secondary N) is 1. The average Bonchev–Trinajstić information content (AvgIpc) is 3.02. The molecule has 134 valence electrons. The molecule has 0 bridgehead atoms. The maximum absolute atomic E-state index is 12.9. The summed E-state index contributed by atoms with van der Waals surface area (Å²) in [5, 5.41) is 6.55. The standard InChI is InChI=1S/C19H22Cl2N2OS/c1-12(2)10-22-11-18(24)23-7-5-17-15(6-8-25-17)19(23)14-4-3-13(20)9-16(14)21/h3-4,6,8-9,12,19,22H,5,7,10-11H2,1-2H3/t19-/m0/s1. The second-order valence-corrected chi connectivity index (χ2v) is 8.57. The number of rotatable bonds is 5. The van der Waals surface area contributed by atoms with Crippen LogP contribution >= 0.6 is 34.5 Å². The zero-order valence-corrected chi connectivity index (χ0v) is 16.7. The minimum absolute atomic E-state index is 0.105. The van der Waals surface area contributed by atoms with Gasteiger partial charge in [0.25, 0.3) is 0 Å². The minimum Gasteiger partial charge on any atom is -0.330 e. The lowest BCUT2D eigenvalue weighted by atomic mass is 9.93. The molecule has 1 amide bonds. The van der Waals surface area contributed by atoms with E-state index in [1.165, 1.54) is 10.4 Å². The van der Waals surface area contributed by atoms with Gasteiger partial charge in [-0.3, -0.25) is 4.79 Å². The number of fused-ring (bicyclic) bond motifs is 1. The van der Waals surface area contributed by atoms with Crippen LogP contribution in [0, 0.1) is 5.92 Å². The molecule has 1 atom stereocenters. The van der Waals surface area contributed by atoms with Crippen molar-refractivity contribution in [2.24, 2.45) is 5.92 Å². The van der Waals surface area contributed by atoms with E-state index in [1.54, 1.807) is 17.4 Å². The van der Waals surface area contributed by atoms with Gasteiger partial charge in [0.1, 0.15) is 0 Å². The Labute approximate surface area is 162 Å². The number of amides is 1. The summed E-state index contributed by atoms with van der Waals surface area (Å²) >= 11 is 14.3. The second-order valence-electron chi connectivity index (χ2n) is 6.73. The monoisotopic (exact) mass is 396 g/mol. The number of nitrogens with zero attached hydrogens (tertiary/aromatic N) is 1. The van der Waals surface area contributed by atoms with Crippen molar-refractivity contribution in [1.82, 2.24) is 10.2 Å². The summed E-state index contributed by atoms with van der Waals surface area (Å²) in [7, 11) is 0. The lowest BCUT2D eigenvalue weighted by molar-refractivity contribution is -0.132. The van der Waals surface area contributed by atoms with E-state index in [9.17, 15) is 4.79 Å². The van der Waals surface area contributed by atoms with Gasteiger partial charge in [-0.1, -0.05) is 43.1 Å². The molecular formula is C19H22Cl2N2OS. The fourth-order valence-electron chi connectivity index (χ4n) is 3.21. The van der Waals surface area contributed by atoms with Crippen LogP contribution in [0.1, 0.15) is 35.9 Å². The predicted molar refractivity (Wildman–Crippen MR) is 106 cm³/mol. The van der Waals surface area contributed by atoms with Crippen LogP contribution in [0.2, 0.25) is 10.0 Å². The minimum atomic E-state index is -0.145. The number of hydrogen-bond donors (Lipinski definition) is 1. The van der Waals surface area contributed by atoms with Gasteiger partial charge in [-0.15, -0.1) is 11.3 Å². The van der Waals surface area contributed by atoms with Gasteiger partial charge < -0.3 is 10.2 Å². The first kappa shape index (κ1) is 18.7. The zero-order valence-electron chi connectivity index (χ0n) is 14.4. The molecule has 0 aliphatic carbocycles. The van der Waals surface area contributed by atoms with Crippen molar-refractivity contribution in [1.29, 1.82) is 0 Å². The van der Waals surface area contributed by atoms with Crippen LogP contribution in [0.15, 0.2) is 29.6 Å². The van der Waals surface area contributed by atoms with Crippen LogP contribution in [0.5, 0.6) is 0 Å². The summed E-state index contributed by atoms with van der Waals surface area (Å²) in [5.74, 6) is 0.618. The first-order chi connectivity index (χ1) is 12.0. The topological polar surface area (TPSA) is 32.3 Å². The molecule has 1 aromatic heterocycles. The summed E-state index contributed by atoms with van der Waals surface area (Å²) in [6, 6.07) is 7.48. The third-order valence-corrected chi connectivity index (χ3v) is 5.93. The Hall–Kier alpha value is -1.07. The Balaban J connectivity index is 1.90. The van der Waals surface area contributed by atoms with E-state index in [-0.39, 0.29) is 11.9 Å². The van der Waals surface area contributed by atoms with E-state index in [4.69, 9.17) is 23.2 Å². The lowest BCUT2D eigenvalue weighted by Crippen LogP contribution is -2.44. The molecule has 0 radical (unpaired) electrons. The number of hydrogen-bond acceptors (Lipinski definition) is 3. The van der Waals surface area contributed by atoms with Crippen molar-refractivity contribution >= 4 is 40.4 Å². The molecule has 3 nitrogen and oxygen atoms in total. The molecule has 2 heterocycles. The molecule has 0 fully saturated rings. The average molecular weight is 397 g/mol. The quantitative estimate of drug-likeness (QED) is 0.788. The Morgan fingerprint density at radius 3 is 2.84 bits per heavy atom. The Kier molecular flexibility index (Phi) is 6.05. The molecule has 1 N–H and O–H groups in total. The van der Waals surface area contributed by atoms with Crippen molar-refractivity contribution in [2.45, 2.75) is 26.3 Å². The highest BCUT2D eigenvalue weighted by molar-refractivity contribution is 7.10. The highest BCUT2D eigenvalue weighted by atomic mass is 35.5. The van der Waals surface area contributed by atoms with Crippen molar-refractivity contribution in [3.8, 4) is 0 Å². The molecule has 0 saturated heterocycles. The fraction of sp³-hybridized carbons (Fsp3) is 0.421. The molecule has 1 aliphatic heterocycles. The van der Waals surface area contributed by atoms with Crippen LogP contribution in [-0.2, 0) is 11.2 Å². The van der Waals surface area contributed by atoms with Gasteiger partial charge in [-0.2, -0.15) is 0 Å². The fourth-order valence-corrected chi connectivity index (χ4v) is 4.63. The smallest absolute Gasteiger partial charge is 0.237 e. The molecule has 1 aromatic carbocycles. The third-order valence-electron chi connectivity index (χ3n) is 4.37. The van der Waals surface area contributed by atoms with Gasteiger partial charge in [0.2, 0.25) is 5.91 Å². The normalized spacial score (nSPS) is 17.0. The van der Waals surface area contributed by atoms with Crippen molar-refractivity contribution in [3.05, 3.63) is 55.7 Å². The van der Waals surface area contributed by atoms with E-state index >= 15 is 0 Å². The van der Waals surface area contributed by atoms with E-state index in [1.807, 2.05) is 17.0 Å². The van der Waals surface area contributed by atoms with Crippen LogP contribution in [0.25, 0.3) is 0 Å². The van der Waals surface area contributed by atoms with Gasteiger partial charge in [0.05, 0.1) is 12.6 Å². The molecule has 0 unspecified atom stereocenters. The SMILES string of the molecule is CC(C)CNCC(=O)N1CCc2sccc2[C@@H]1c1ccc(Cl)cc1Cl. The Morgan fingerprint density at radius 2 is 2.12 bits per heavy atom. The Bertz CT molecular complexity index is 760. The number of halogens is 2. The molecule has 0 saturated carbocycles. The van der Waals surface area contributed by atoms with E-state index in [2.05, 4.69) is 30.6 Å². The molecule has 25 heavy (non-hydrogen) atoms. The first-order valence-corrected chi connectivity index (χ1v) is 10.1. The number of carbonyl (C=O) groups excluding carboxylic acids is 1. The van der Waals surface area contributed by atoms with Gasteiger partial charge in [0, 0.05) is 21.5 Å². The largest absolute Gasteiger partial charge is 0.330 e. The maximum Gasteiger partial charge on any atom is 0.237 e. The highest BCUT2D eigenvalue weighted by Crippen LogP contribution is 2.40. The van der Waals surface area contributed by atoms with Crippen LogP contribution in [-0.4, -0.2) is 30.4 Å². The summed E-state index contributed by atoms with van der Waals surface area (Å²) in [5.41, 5.74) is 2.11. The van der Waals surface area contributed by atoms with Gasteiger partial charge >= 0.3 is 0 Å². The van der Waals surface area contributed by atoms with Crippen LogP contribution < -0.4 is 5.32 Å². The summed E-state index contributed by atoms with van der Waals surface area (Å²) in [6.45, 7) is 6.15. The molecule has 6 heteroatoms. The van der Waals surface area contributed by atoms with Gasteiger partial charge in [-0.05, 0) is 53.6 Å². The summed E-state index contributed by atoms with van der Waals surface area (Å²) in [6.07, 6.45) is 0.893. The molecule has 1 aliphatic rings. The molecule has 0 spiro atoms. The van der Waals surface area contributed by atoms with Crippen molar-refractivity contribution in [3.63, 3.8) is 0 Å². The second kappa shape index (κ2) is 8.09. The molecule has 2 aromatic rings. The lowest BCUT2D eigenvalue weighted by Gasteiger charge is -2.37. The van der Waals surface area contributed by atoms with E-state index in [0.29, 0.717) is 29.1 Å². The summed E-state index contributed by atoms with van der Waals surface area (Å²) in [4.78, 5) is 16.1. The molecule has 3 rings (SSSR count). The van der Waals surface area contributed by atoms with E-state index in [0.717, 1.165) is 18.5 Å². The number of benzene rings is 1. The predicted octanol–water partition coefficient (Wildman–Crippen LogP) is 4.77. The van der Waals surface area contributed by atoms with Gasteiger partial charge in [-0.25, -0.2) is 0 Å². The summed E-state index contributed by atoms with van der Waals surface area (Å²) < 4.78 is 0. The van der Waals surface area contributed by atoms with Crippen molar-refractivity contribution in [2.75, 3.05) is 19.6 Å². The number of carbonyl (C=O) groups is 1. The zero-order chi connectivity index (χ0) is 18.0. The number of thiophene rings is 1. The van der Waals surface area contributed by atoms with Gasteiger partial charge in [0.15, 0.2) is 0 Å². The van der Waals surface area contributed by atoms with E-state index < -0.39 is 0 Å². The first-order valence-electron chi connectivity index (χ1n) is 8.48.